The molecular formula is C27H30N6O2S. The van der Waals surface area contributed by atoms with E-state index in [9.17, 15) is 0 Å². The Balaban J connectivity index is 1.19. The molecule has 0 spiro atoms. The largest absolute Gasteiger partial charge is 0.454 e. The zero-order chi connectivity index (χ0) is 24.3. The standard InChI is InChI=1S/C27H30N6O2S/c36-27(28-16-19-8-9-22-23(14-19)35-18-34-22)31-26-29-24(32-11-4-1-5-12-32)15-25(30-26)33-13-10-20-6-2-3-7-21(20)17-33/h2-3,6-9,14-15H,1,4-5,10-13,16-18H2,(H2,28,29,30,31,36). The number of aromatic nitrogens is 2. The summed E-state index contributed by atoms with van der Waals surface area (Å²) in [5, 5.41) is 6.98. The van der Waals surface area contributed by atoms with Gasteiger partial charge in [-0.05, 0) is 66.7 Å². The Bertz CT molecular complexity index is 1260. The van der Waals surface area contributed by atoms with Crippen LogP contribution >= 0.6 is 12.2 Å². The highest BCUT2D eigenvalue weighted by Crippen LogP contribution is 2.32. The van der Waals surface area contributed by atoms with Crippen molar-refractivity contribution in [3.8, 4) is 11.5 Å². The van der Waals surface area contributed by atoms with Gasteiger partial charge in [0.15, 0.2) is 16.6 Å². The Morgan fingerprint density at radius 1 is 0.861 bits per heavy atom. The maximum Gasteiger partial charge on any atom is 0.232 e. The van der Waals surface area contributed by atoms with Gasteiger partial charge >= 0.3 is 0 Å². The summed E-state index contributed by atoms with van der Waals surface area (Å²) >= 11 is 5.60. The van der Waals surface area contributed by atoms with Gasteiger partial charge in [0.1, 0.15) is 11.6 Å². The van der Waals surface area contributed by atoms with Crippen molar-refractivity contribution in [2.24, 2.45) is 0 Å². The van der Waals surface area contributed by atoms with E-state index < -0.39 is 0 Å². The maximum atomic E-state index is 5.60. The first-order chi connectivity index (χ1) is 17.7. The molecule has 1 aromatic heterocycles. The van der Waals surface area contributed by atoms with Crippen LogP contribution in [-0.4, -0.2) is 41.5 Å². The van der Waals surface area contributed by atoms with E-state index in [0.717, 1.165) is 61.3 Å². The third-order valence-electron chi connectivity index (χ3n) is 6.95. The Morgan fingerprint density at radius 3 is 2.50 bits per heavy atom. The highest BCUT2D eigenvalue weighted by Gasteiger charge is 2.21. The van der Waals surface area contributed by atoms with Crippen molar-refractivity contribution in [1.82, 2.24) is 15.3 Å². The summed E-state index contributed by atoms with van der Waals surface area (Å²) in [6, 6.07) is 16.7. The number of fused-ring (bicyclic) bond motifs is 2. The van der Waals surface area contributed by atoms with Crippen molar-refractivity contribution >= 4 is 34.9 Å². The van der Waals surface area contributed by atoms with Gasteiger partial charge in [-0.15, -0.1) is 0 Å². The van der Waals surface area contributed by atoms with E-state index in [1.165, 1.54) is 30.4 Å². The second kappa shape index (κ2) is 10.2. The SMILES string of the molecule is S=C(NCc1ccc2c(c1)OCO2)Nc1nc(N2CCCCC2)cc(N2CCc3ccccc3C2)n1. The van der Waals surface area contributed by atoms with Gasteiger partial charge in [-0.2, -0.15) is 9.97 Å². The van der Waals surface area contributed by atoms with Crippen LogP contribution < -0.4 is 29.9 Å². The third kappa shape index (κ3) is 5.02. The van der Waals surface area contributed by atoms with Crippen LogP contribution in [-0.2, 0) is 19.5 Å². The Kier molecular flexibility index (Phi) is 6.46. The molecule has 3 aliphatic heterocycles. The number of benzene rings is 2. The number of nitrogens with zero attached hydrogens (tertiary/aromatic N) is 4. The van der Waals surface area contributed by atoms with Crippen LogP contribution in [0.15, 0.2) is 48.5 Å². The van der Waals surface area contributed by atoms with Gasteiger partial charge in [-0.1, -0.05) is 30.3 Å². The van der Waals surface area contributed by atoms with Crippen molar-refractivity contribution in [3.63, 3.8) is 0 Å². The first kappa shape index (κ1) is 22.8. The van der Waals surface area contributed by atoms with Gasteiger partial charge in [-0.3, -0.25) is 0 Å². The Labute approximate surface area is 216 Å². The minimum Gasteiger partial charge on any atom is -0.454 e. The lowest BCUT2D eigenvalue weighted by atomic mass is 10.00. The van der Waals surface area contributed by atoms with E-state index in [2.05, 4.69) is 50.8 Å². The fourth-order valence-corrected chi connectivity index (χ4v) is 5.16. The molecule has 186 valence electrons. The molecule has 6 rings (SSSR count). The molecule has 0 radical (unpaired) electrons. The molecule has 1 fully saturated rings. The Hall–Kier alpha value is -3.59. The molecule has 3 aliphatic rings. The molecule has 0 unspecified atom stereocenters. The van der Waals surface area contributed by atoms with Crippen LogP contribution in [0.25, 0.3) is 0 Å². The number of ether oxygens (including phenoxy) is 2. The number of hydrogen-bond donors (Lipinski definition) is 2. The van der Waals surface area contributed by atoms with E-state index in [1.807, 2.05) is 18.2 Å². The summed E-state index contributed by atoms with van der Waals surface area (Å²) in [6.07, 6.45) is 4.66. The van der Waals surface area contributed by atoms with E-state index in [-0.39, 0.29) is 6.79 Å². The van der Waals surface area contributed by atoms with Crippen molar-refractivity contribution < 1.29 is 9.47 Å². The van der Waals surface area contributed by atoms with Gasteiger partial charge in [0.25, 0.3) is 0 Å². The molecule has 3 aromatic rings. The van der Waals surface area contributed by atoms with Crippen molar-refractivity contribution in [1.29, 1.82) is 0 Å². The molecule has 2 N–H and O–H groups in total. The molecule has 1 saturated heterocycles. The molecule has 36 heavy (non-hydrogen) atoms. The lowest BCUT2D eigenvalue weighted by molar-refractivity contribution is 0.174. The zero-order valence-corrected chi connectivity index (χ0v) is 21.0. The topological polar surface area (TPSA) is 74.8 Å². The van der Waals surface area contributed by atoms with E-state index >= 15 is 0 Å². The number of thiocarbonyl (C=S) groups is 1. The number of hydrogen-bond acceptors (Lipinski definition) is 7. The second-order valence-electron chi connectivity index (χ2n) is 9.39. The van der Waals surface area contributed by atoms with Crippen LogP contribution in [0.3, 0.4) is 0 Å². The molecule has 8 nitrogen and oxygen atoms in total. The quantitative estimate of drug-likeness (QED) is 0.498. The van der Waals surface area contributed by atoms with Crippen molar-refractivity contribution in [2.45, 2.75) is 38.8 Å². The fourth-order valence-electron chi connectivity index (χ4n) is 5.00. The fraction of sp³-hybridized carbons (Fsp3) is 0.370. The summed E-state index contributed by atoms with van der Waals surface area (Å²) in [7, 11) is 0. The molecule has 0 saturated carbocycles. The number of anilines is 3. The number of rotatable bonds is 5. The van der Waals surface area contributed by atoms with Gasteiger partial charge in [0.05, 0.1) is 0 Å². The summed E-state index contributed by atoms with van der Waals surface area (Å²) in [5.41, 5.74) is 3.84. The average Bonchev–Trinajstić information content (AvgIpc) is 3.40. The smallest absolute Gasteiger partial charge is 0.232 e. The molecule has 0 aliphatic carbocycles. The average molecular weight is 503 g/mol. The zero-order valence-electron chi connectivity index (χ0n) is 20.2. The first-order valence-electron chi connectivity index (χ1n) is 12.6. The Morgan fingerprint density at radius 2 is 1.64 bits per heavy atom. The van der Waals surface area contributed by atoms with Crippen LogP contribution in [0.1, 0.15) is 36.0 Å². The first-order valence-corrected chi connectivity index (χ1v) is 13.0. The molecule has 0 bridgehead atoms. The molecule has 2 aromatic carbocycles. The number of nitrogens with one attached hydrogen (secondary N) is 2. The van der Waals surface area contributed by atoms with E-state index in [1.54, 1.807) is 0 Å². The summed E-state index contributed by atoms with van der Waals surface area (Å²) < 4.78 is 10.9. The molecule has 0 atom stereocenters. The van der Waals surface area contributed by atoms with Gasteiger partial charge < -0.3 is 29.9 Å². The molecule has 9 heteroatoms. The van der Waals surface area contributed by atoms with Crippen molar-refractivity contribution in [3.05, 3.63) is 65.2 Å². The van der Waals surface area contributed by atoms with E-state index in [0.29, 0.717) is 17.6 Å². The predicted molar refractivity (Wildman–Crippen MR) is 145 cm³/mol. The van der Waals surface area contributed by atoms with Crippen molar-refractivity contribution in [2.75, 3.05) is 41.5 Å². The lowest BCUT2D eigenvalue weighted by Gasteiger charge is -2.32. The minimum absolute atomic E-state index is 0.266. The normalized spacial score (nSPS) is 16.4. The lowest BCUT2D eigenvalue weighted by Crippen LogP contribution is -2.34. The van der Waals surface area contributed by atoms with Gasteiger partial charge in [0, 0.05) is 38.8 Å². The summed E-state index contributed by atoms with van der Waals surface area (Å²) in [4.78, 5) is 14.4. The minimum atomic E-state index is 0.266. The molecule has 4 heterocycles. The monoisotopic (exact) mass is 502 g/mol. The number of piperidine rings is 1. The highest BCUT2D eigenvalue weighted by atomic mass is 32.1. The van der Waals surface area contributed by atoms with Crippen LogP contribution in [0.4, 0.5) is 17.6 Å². The molecule has 0 amide bonds. The maximum absolute atomic E-state index is 5.60. The van der Waals surface area contributed by atoms with Crippen LogP contribution in [0, 0.1) is 0 Å². The predicted octanol–water partition coefficient (Wildman–Crippen LogP) is 4.24. The third-order valence-corrected chi connectivity index (χ3v) is 7.20. The second-order valence-corrected chi connectivity index (χ2v) is 9.80. The van der Waals surface area contributed by atoms with E-state index in [4.69, 9.17) is 31.7 Å². The van der Waals surface area contributed by atoms with Crippen LogP contribution in [0.2, 0.25) is 0 Å². The summed E-state index contributed by atoms with van der Waals surface area (Å²) in [5.74, 6) is 3.95. The molecular weight excluding hydrogens is 472 g/mol. The summed E-state index contributed by atoms with van der Waals surface area (Å²) in [6.45, 7) is 4.64. The highest BCUT2D eigenvalue weighted by molar-refractivity contribution is 7.80. The van der Waals surface area contributed by atoms with Crippen LogP contribution in [0.5, 0.6) is 11.5 Å². The van der Waals surface area contributed by atoms with Gasteiger partial charge in [0.2, 0.25) is 12.7 Å². The van der Waals surface area contributed by atoms with Gasteiger partial charge in [-0.25, -0.2) is 0 Å².